The van der Waals surface area contributed by atoms with E-state index >= 15 is 0 Å². The number of carbonyl (C=O) groups is 1. The molecule has 1 aliphatic carbocycles. The van der Waals surface area contributed by atoms with Gasteiger partial charge in [-0.1, -0.05) is 12.5 Å². The number of halogens is 2. The summed E-state index contributed by atoms with van der Waals surface area (Å²) in [7, 11) is 0. The van der Waals surface area contributed by atoms with Crippen LogP contribution in [0.1, 0.15) is 38.3 Å². The predicted molar refractivity (Wildman–Crippen MR) is 96.6 cm³/mol. The van der Waals surface area contributed by atoms with Crippen molar-refractivity contribution in [3.05, 3.63) is 34.9 Å². The highest BCUT2D eigenvalue weighted by Crippen LogP contribution is 2.41. The van der Waals surface area contributed by atoms with Crippen LogP contribution in [0.25, 0.3) is 0 Å². The molecule has 2 unspecified atom stereocenters. The fourth-order valence-corrected chi connectivity index (χ4v) is 3.28. The number of allylic oxidation sites excluding steroid dienone is 1. The van der Waals surface area contributed by atoms with Crippen molar-refractivity contribution >= 4 is 11.9 Å². The van der Waals surface area contributed by atoms with Gasteiger partial charge in [-0.3, -0.25) is 9.88 Å². The third-order valence-corrected chi connectivity index (χ3v) is 4.84. The number of carbonyl (C=O) groups excluding carboxylic acids is 1. The molecule has 0 spiro atoms. The van der Waals surface area contributed by atoms with Crippen LogP contribution in [0, 0.1) is 0 Å². The molecule has 160 valence electrons. The van der Waals surface area contributed by atoms with E-state index in [0.29, 0.717) is 11.0 Å². The number of ether oxygens (including phenoxy) is 2. The molecule has 3 rings (SSSR count). The van der Waals surface area contributed by atoms with Gasteiger partial charge >= 0.3 is 17.7 Å². The van der Waals surface area contributed by atoms with Gasteiger partial charge in [-0.25, -0.2) is 9.59 Å². The van der Waals surface area contributed by atoms with Gasteiger partial charge in [0.25, 0.3) is 0 Å². The Balaban J connectivity index is 1.67. The van der Waals surface area contributed by atoms with E-state index in [1.54, 1.807) is 0 Å². The number of aliphatic hydroxyl groups excluding tert-OH is 2. The molecule has 9 nitrogen and oxygen atoms in total. The Morgan fingerprint density at radius 2 is 2.21 bits per heavy atom. The minimum absolute atomic E-state index is 0.174. The van der Waals surface area contributed by atoms with Crippen LogP contribution in [0.5, 0.6) is 0 Å². The van der Waals surface area contributed by atoms with Crippen LogP contribution in [0.15, 0.2) is 29.2 Å². The van der Waals surface area contributed by atoms with Gasteiger partial charge in [0.15, 0.2) is 6.10 Å². The lowest BCUT2D eigenvalue weighted by molar-refractivity contribution is -0.140. The maximum atomic E-state index is 14.2. The lowest BCUT2D eigenvalue weighted by Crippen LogP contribution is -2.41. The number of hydrogen-bond donors (Lipinski definition) is 3. The average molecular weight is 415 g/mol. The van der Waals surface area contributed by atoms with Gasteiger partial charge in [-0.2, -0.15) is 13.8 Å². The molecule has 0 radical (unpaired) electrons. The average Bonchev–Trinajstić information content (AvgIpc) is 2.87. The fraction of sp³-hybridized carbons (Fsp3) is 0.611. The van der Waals surface area contributed by atoms with E-state index in [0.717, 1.165) is 37.9 Å². The number of alkyl halides is 2. The molecule has 1 aliphatic heterocycles. The molecule has 1 fully saturated rings. The minimum Gasteiger partial charge on any atom is -0.442 e. The van der Waals surface area contributed by atoms with Gasteiger partial charge in [-0.15, -0.1) is 0 Å². The third kappa shape index (κ3) is 4.80. The van der Waals surface area contributed by atoms with Crippen LogP contribution in [-0.2, 0) is 9.47 Å². The van der Waals surface area contributed by atoms with Crippen LogP contribution >= 0.6 is 0 Å². The first-order valence-electron chi connectivity index (χ1n) is 9.38. The molecule has 1 aromatic rings. The van der Waals surface area contributed by atoms with Crippen molar-refractivity contribution in [2.75, 3.05) is 11.9 Å². The Labute approximate surface area is 165 Å². The number of rotatable bonds is 4. The zero-order chi connectivity index (χ0) is 21.0. The molecule has 11 heteroatoms. The van der Waals surface area contributed by atoms with Gasteiger partial charge in [0.05, 0.1) is 6.61 Å². The molecule has 2 heterocycles. The van der Waals surface area contributed by atoms with Gasteiger partial charge in [0, 0.05) is 6.20 Å². The molecule has 1 amide bonds. The summed E-state index contributed by atoms with van der Waals surface area (Å²) in [5.41, 5.74) is -1.12. The summed E-state index contributed by atoms with van der Waals surface area (Å²) in [5.74, 6) is -3.98. The Kier molecular flexibility index (Phi) is 6.60. The molecule has 0 saturated carbocycles. The largest absolute Gasteiger partial charge is 0.442 e. The smallest absolute Gasteiger partial charge is 0.413 e. The Bertz CT molecular complexity index is 815. The first-order chi connectivity index (χ1) is 13.8. The highest BCUT2D eigenvalue weighted by Gasteiger charge is 2.59. The van der Waals surface area contributed by atoms with E-state index in [1.165, 1.54) is 0 Å². The van der Waals surface area contributed by atoms with Crippen molar-refractivity contribution < 1.29 is 33.3 Å². The van der Waals surface area contributed by atoms with E-state index in [2.05, 4.69) is 10.3 Å². The maximum absolute atomic E-state index is 14.2. The predicted octanol–water partition coefficient (Wildman–Crippen LogP) is 1.57. The van der Waals surface area contributed by atoms with Crippen LogP contribution in [-0.4, -0.2) is 56.7 Å². The second-order valence-corrected chi connectivity index (χ2v) is 6.97. The van der Waals surface area contributed by atoms with E-state index < -0.39 is 48.9 Å². The second kappa shape index (κ2) is 8.97. The minimum atomic E-state index is -3.81. The highest BCUT2D eigenvalue weighted by molar-refractivity contribution is 5.83. The lowest BCUT2D eigenvalue weighted by Gasteiger charge is -2.21. The first-order valence-corrected chi connectivity index (χ1v) is 9.38. The number of nitrogens with one attached hydrogen (secondary N) is 1. The maximum Gasteiger partial charge on any atom is 0.413 e. The summed E-state index contributed by atoms with van der Waals surface area (Å²) >= 11 is 0. The number of hydrogen-bond acceptors (Lipinski definition) is 7. The number of aliphatic hydroxyl groups is 2. The van der Waals surface area contributed by atoms with Gasteiger partial charge in [-0.05, 0) is 37.8 Å². The number of aromatic nitrogens is 2. The fourth-order valence-electron chi connectivity index (χ4n) is 3.28. The van der Waals surface area contributed by atoms with E-state index in [1.807, 2.05) is 12.2 Å². The summed E-state index contributed by atoms with van der Waals surface area (Å²) in [6.07, 6.45) is 2.25. The van der Waals surface area contributed by atoms with Gasteiger partial charge in [0.1, 0.15) is 18.0 Å². The summed E-state index contributed by atoms with van der Waals surface area (Å²) in [6, 6.07) is 1.13. The van der Waals surface area contributed by atoms with Crippen molar-refractivity contribution in [2.24, 2.45) is 0 Å². The molecule has 2 aliphatic rings. The van der Waals surface area contributed by atoms with E-state index in [4.69, 9.17) is 14.6 Å². The topological polar surface area (TPSA) is 123 Å². The zero-order valence-electron chi connectivity index (χ0n) is 15.5. The zero-order valence-corrected chi connectivity index (χ0v) is 15.5. The summed E-state index contributed by atoms with van der Waals surface area (Å²) < 4.78 is 39.0. The van der Waals surface area contributed by atoms with Crippen molar-refractivity contribution in [3.8, 4) is 0 Å². The molecule has 0 aromatic carbocycles. The Morgan fingerprint density at radius 1 is 1.41 bits per heavy atom. The van der Waals surface area contributed by atoms with Gasteiger partial charge in [0.2, 0.25) is 6.23 Å². The van der Waals surface area contributed by atoms with Crippen LogP contribution in [0.3, 0.4) is 0 Å². The van der Waals surface area contributed by atoms with Crippen LogP contribution in [0.4, 0.5) is 19.4 Å². The SMILES string of the molecule is O=C(Nc1ccn([C@@H]2O[C@H](CO)C(O)C2(F)F)c(=O)n1)OC1C=CCCCCC1. The molecule has 0 bridgehead atoms. The van der Waals surface area contributed by atoms with Crippen molar-refractivity contribution in [1.29, 1.82) is 0 Å². The van der Waals surface area contributed by atoms with Crippen LogP contribution in [0.2, 0.25) is 0 Å². The number of nitrogens with zero attached hydrogens (tertiary/aromatic N) is 2. The van der Waals surface area contributed by atoms with Gasteiger partial charge < -0.3 is 19.7 Å². The Hall–Kier alpha value is -2.37. The quantitative estimate of drug-likeness (QED) is 0.638. The normalized spacial score (nSPS) is 29.1. The van der Waals surface area contributed by atoms with Crippen molar-refractivity contribution in [2.45, 2.75) is 62.6 Å². The monoisotopic (exact) mass is 415 g/mol. The molecule has 29 heavy (non-hydrogen) atoms. The lowest BCUT2D eigenvalue weighted by atomic mass is 10.0. The Morgan fingerprint density at radius 3 is 2.90 bits per heavy atom. The molecule has 1 saturated heterocycles. The molecular formula is C18H23F2N3O6. The molecule has 3 N–H and O–H groups in total. The van der Waals surface area contributed by atoms with E-state index in [9.17, 15) is 23.5 Å². The van der Waals surface area contributed by atoms with Crippen LogP contribution < -0.4 is 11.0 Å². The van der Waals surface area contributed by atoms with Crippen molar-refractivity contribution in [3.63, 3.8) is 0 Å². The highest BCUT2D eigenvalue weighted by atomic mass is 19.3. The third-order valence-electron chi connectivity index (χ3n) is 4.84. The molecular weight excluding hydrogens is 392 g/mol. The summed E-state index contributed by atoms with van der Waals surface area (Å²) in [5, 5.41) is 20.9. The second-order valence-electron chi connectivity index (χ2n) is 6.97. The van der Waals surface area contributed by atoms with Crippen molar-refractivity contribution in [1.82, 2.24) is 9.55 Å². The van der Waals surface area contributed by atoms with E-state index in [-0.39, 0.29) is 5.82 Å². The number of amides is 1. The molecule has 4 atom stereocenters. The standard InChI is InChI=1S/C18H23F2N3O6/c19-18(20)14(25)12(10-24)29-15(18)23-9-8-13(21-16(23)26)22-17(27)28-11-6-4-2-1-3-5-7-11/h4,6,8-9,11-12,14-15,24-25H,1-3,5,7,10H2,(H,21,22,26,27)/t11?,12-,14?,15-/m1/s1. The first kappa shape index (κ1) is 21.3. The number of anilines is 1. The summed E-state index contributed by atoms with van der Waals surface area (Å²) in [6.45, 7) is -0.837. The molecule has 1 aromatic heterocycles. The summed E-state index contributed by atoms with van der Waals surface area (Å²) in [4.78, 5) is 27.7.